The highest BCUT2D eigenvalue weighted by Gasteiger charge is 2.52. The van der Waals surface area contributed by atoms with Crippen molar-refractivity contribution in [3.8, 4) is 0 Å². The van der Waals surface area contributed by atoms with E-state index in [-0.39, 0.29) is 11.2 Å². The highest BCUT2D eigenvalue weighted by Crippen LogP contribution is 2.59. The first kappa shape index (κ1) is 11.3. The summed E-state index contributed by atoms with van der Waals surface area (Å²) in [5.74, 6) is 2.45. The summed E-state index contributed by atoms with van der Waals surface area (Å²) in [6.07, 6.45) is 9.47. The molecular formula is C14H20N4O. The molecule has 0 spiro atoms. The Labute approximate surface area is 112 Å². The van der Waals surface area contributed by atoms with Gasteiger partial charge < -0.3 is 16.0 Å². The number of hydrogen-bond donors (Lipinski definition) is 2. The fourth-order valence-electron chi connectivity index (χ4n) is 5.29. The number of aromatic nitrogens is 2. The average Bonchev–Trinajstić information content (AvgIpc) is 2.69. The average molecular weight is 260 g/mol. The molecule has 4 aliphatic carbocycles. The molecule has 1 heterocycles. The van der Waals surface area contributed by atoms with Crippen molar-refractivity contribution in [2.75, 3.05) is 5.73 Å². The number of nitrogen functional groups attached to an aromatic ring is 1. The van der Waals surface area contributed by atoms with Crippen LogP contribution in [0.5, 0.6) is 0 Å². The van der Waals surface area contributed by atoms with Crippen LogP contribution in [0.4, 0.5) is 5.82 Å². The van der Waals surface area contributed by atoms with Crippen LogP contribution >= 0.6 is 0 Å². The number of carbonyl (C=O) groups is 1. The van der Waals surface area contributed by atoms with E-state index in [1.807, 2.05) is 0 Å². The highest BCUT2D eigenvalue weighted by atomic mass is 16.1. The zero-order valence-electron chi connectivity index (χ0n) is 11.0. The van der Waals surface area contributed by atoms with Crippen LogP contribution in [0.15, 0.2) is 6.33 Å². The maximum Gasteiger partial charge on any atom is 0.271 e. The minimum Gasteiger partial charge on any atom is -0.383 e. The SMILES string of the molecule is NC(=O)c1ncn(C23CC4CC(CC(C4)C2)C3)c1N. The van der Waals surface area contributed by atoms with Crippen molar-refractivity contribution in [1.82, 2.24) is 9.55 Å². The number of nitrogens with two attached hydrogens (primary N) is 2. The zero-order valence-corrected chi connectivity index (χ0v) is 11.0. The van der Waals surface area contributed by atoms with Gasteiger partial charge in [-0.25, -0.2) is 4.98 Å². The number of nitrogens with zero attached hydrogens (tertiary/aromatic N) is 2. The molecule has 4 N–H and O–H groups in total. The Hall–Kier alpha value is -1.52. The summed E-state index contributed by atoms with van der Waals surface area (Å²) < 4.78 is 2.07. The Kier molecular flexibility index (Phi) is 2.10. The third-order valence-electron chi connectivity index (χ3n) is 5.55. The van der Waals surface area contributed by atoms with Crippen LogP contribution in [0.3, 0.4) is 0 Å². The summed E-state index contributed by atoms with van der Waals surface area (Å²) in [6, 6.07) is 0. The van der Waals surface area contributed by atoms with Crippen LogP contribution in [0.2, 0.25) is 0 Å². The predicted molar refractivity (Wildman–Crippen MR) is 71.3 cm³/mol. The van der Waals surface area contributed by atoms with Crippen molar-refractivity contribution in [1.29, 1.82) is 0 Å². The first-order valence-electron chi connectivity index (χ1n) is 7.20. The molecule has 4 bridgehead atoms. The molecule has 1 amide bonds. The van der Waals surface area contributed by atoms with Gasteiger partial charge in [0.15, 0.2) is 5.69 Å². The van der Waals surface area contributed by atoms with Gasteiger partial charge in [-0.15, -0.1) is 0 Å². The number of rotatable bonds is 2. The number of primary amides is 1. The van der Waals surface area contributed by atoms with Crippen LogP contribution in [-0.2, 0) is 5.54 Å². The van der Waals surface area contributed by atoms with Gasteiger partial charge in [0.2, 0.25) is 0 Å². The maximum absolute atomic E-state index is 11.3. The van der Waals surface area contributed by atoms with E-state index >= 15 is 0 Å². The lowest BCUT2D eigenvalue weighted by molar-refractivity contribution is -0.0420. The molecule has 1 aromatic rings. The molecule has 4 aliphatic rings. The number of imidazole rings is 1. The number of amides is 1. The first-order chi connectivity index (χ1) is 9.07. The number of hydrogen-bond acceptors (Lipinski definition) is 3. The van der Waals surface area contributed by atoms with Gasteiger partial charge in [0.05, 0.1) is 6.33 Å². The molecule has 19 heavy (non-hydrogen) atoms. The highest BCUT2D eigenvalue weighted by molar-refractivity contribution is 5.95. The van der Waals surface area contributed by atoms with Crippen molar-refractivity contribution in [2.24, 2.45) is 23.5 Å². The van der Waals surface area contributed by atoms with Gasteiger partial charge in [0.1, 0.15) is 5.82 Å². The fourth-order valence-corrected chi connectivity index (χ4v) is 5.29. The van der Waals surface area contributed by atoms with Gasteiger partial charge in [-0.05, 0) is 56.3 Å². The van der Waals surface area contributed by atoms with Crippen molar-refractivity contribution >= 4 is 11.7 Å². The van der Waals surface area contributed by atoms with Crippen molar-refractivity contribution < 1.29 is 4.79 Å². The van der Waals surface area contributed by atoms with E-state index in [1.165, 1.54) is 38.5 Å². The van der Waals surface area contributed by atoms with Crippen molar-refractivity contribution in [2.45, 2.75) is 44.1 Å². The largest absolute Gasteiger partial charge is 0.383 e. The molecule has 5 rings (SSSR count). The summed E-state index contributed by atoms with van der Waals surface area (Å²) in [4.78, 5) is 15.5. The van der Waals surface area contributed by atoms with Crippen LogP contribution in [0.1, 0.15) is 49.0 Å². The van der Waals surface area contributed by atoms with Gasteiger partial charge in [-0.3, -0.25) is 4.79 Å². The quantitative estimate of drug-likeness (QED) is 0.844. The summed E-state index contributed by atoms with van der Waals surface area (Å²) >= 11 is 0. The van der Waals surface area contributed by atoms with Crippen LogP contribution < -0.4 is 11.5 Å². The standard InChI is InChI=1S/C14H20N4O/c15-12-11(13(16)19)17-7-18(12)14-4-8-1-9(5-14)3-10(2-8)6-14/h7-10H,1-6,15H2,(H2,16,19). The Balaban J connectivity index is 1.77. The predicted octanol–water partition coefficient (Wildman–Crippen LogP) is 1.49. The second kappa shape index (κ2) is 3.52. The Morgan fingerprint density at radius 2 is 1.74 bits per heavy atom. The van der Waals surface area contributed by atoms with Gasteiger partial charge in [0.25, 0.3) is 5.91 Å². The molecule has 102 valence electrons. The van der Waals surface area contributed by atoms with Crippen molar-refractivity contribution in [3.63, 3.8) is 0 Å². The van der Waals surface area contributed by atoms with E-state index in [4.69, 9.17) is 11.5 Å². The molecule has 0 aromatic carbocycles. The normalized spacial score (nSPS) is 39.7. The third-order valence-corrected chi connectivity index (χ3v) is 5.55. The van der Waals surface area contributed by atoms with E-state index in [0.29, 0.717) is 5.82 Å². The summed E-state index contributed by atoms with van der Waals surface area (Å²) in [7, 11) is 0. The first-order valence-corrected chi connectivity index (χ1v) is 7.20. The van der Waals surface area contributed by atoms with E-state index < -0.39 is 5.91 Å². The van der Waals surface area contributed by atoms with Crippen molar-refractivity contribution in [3.05, 3.63) is 12.0 Å². The van der Waals surface area contributed by atoms with Gasteiger partial charge in [0, 0.05) is 5.54 Å². The lowest BCUT2D eigenvalue weighted by atomic mass is 9.53. The molecule has 1 aromatic heterocycles. The van der Waals surface area contributed by atoms with Gasteiger partial charge in [-0.2, -0.15) is 0 Å². The monoisotopic (exact) mass is 260 g/mol. The Morgan fingerprint density at radius 3 is 2.16 bits per heavy atom. The molecule has 0 unspecified atom stereocenters. The minimum atomic E-state index is -0.527. The van der Waals surface area contributed by atoms with Crippen LogP contribution in [0, 0.1) is 17.8 Å². The maximum atomic E-state index is 11.3. The van der Waals surface area contributed by atoms with Gasteiger partial charge in [-0.1, -0.05) is 0 Å². The van der Waals surface area contributed by atoms with Crippen LogP contribution in [-0.4, -0.2) is 15.5 Å². The Bertz CT molecular complexity index is 512. The van der Waals surface area contributed by atoms with E-state index in [0.717, 1.165) is 17.8 Å². The second-order valence-corrected chi connectivity index (χ2v) is 6.85. The van der Waals surface area contributed by atoms with Crippen LogP contribution in [0.25, 0.3) is 0 Å². The second-order valence-electron chi connectivity index (χ2n) is 6.85. The molecule has 0 atom stereocenters. The minimum absolute atomic E-state index is 0.111. The molecule has 4 saturated carbocycles. The molecule has 0 radical (unpaired) electrons. The molecule has 5 heteroatoms. The molecule has 0 saturated heterocycles. The summed E-state index contributed by atoms with van der Waals surface area (Å²) in [5.41, 5.74) is 11.8. The van der Waals surface area contributed by atoms with E-state index in [9.17, 15) is 4.79 Å². The third kappa shape index (κ3) is 1.47. The summed E-state index contributed by atoms with van der Waals surface area (Å²) in [5, 5.41) is 0. The summed E-state index contributed by atoms with van der Waals surface area (Å²) in [6.45, 7) is 0. The van der Waals surface area contributed by atoms with Gasteiger partial charge >= 0.3 is 0 Å². The number of anilines is 1. The Morgan fingerprint density at radius 1 is 1.21 bits per heavy atom. The smallest absolute Gasteiger partial charge is 0.271 e. The van der Waals surface area contributed by atoms with E-state index in [1.54, 1.807) is 6.33 Å². The molecule has 4 fully saturated rings. The fraction of sp³-hybridized carbons (Fsp3) is 0.714. The zero-order chi connectivity index (χ0) is 13.2. The molecular weight excluding hydrogens is 240 g/mol. The lowest BCUT2D eigenvalue weighted by Gasteiger charge is -2.57. The molecule has 5 nitrogen and oxygen atoms in total. The number of carbonyl (C=O) groups excluding carboxylic acids is 1. The molecule has 0 aliphatic heterocycles. The lowest BCUT2D eigenvalue weighted by Crippen LogP contribution is -2.51. The topological polar surface area (TPSA) is 86.9 Å². The van der Waals surface area contributed by atoms with E-state index in [2.05, 4.69) is 9.55 Å².